The van der Waals surface area contributed by atoms with Gasteiger partial charge in [-0.2, -0.15) is 13.2 Å². The Labute approximate surface area is 198 Å². The van der Waals surface area contributed by atoms with E-state index in [9.17, 15) is 18.0 Å². The second-order valence-corrected chi connectivity index (χ2v) is 8.96. The van der Waals surface area contributed by atoms with E-state index in [1.807, 2.05) is 42.5 Å². The van der Waals surface area contributed by atoms with Crippen molar-refractivity contribution in [3.05, 3.63) is 107 Å². The number of amides is 1. The molecule has 1 saturated heterocycles. The zero-order valence-electron chi connectivity index (χ0n) is 19.0. The molecule has 3 nitrogen and oxygen atoms in total. The van der Waals surface area contributed by atoms with E-state index in [1.54, 1.807) is 0 Å². The first-order valence-electron chi connectivity index (χ1n) is 11.6. The molecule has 0 spiro atoms. The lowest BCUT2D eigenvalue weighted by molar-refractivity contribution is -0.137. The van der Waals surface area contributed by atoms with Crippen molar-refractivity contribution in [1.82, 2.24) is 4.90 Å². The van der Waals surface area contributed by atoms with Crippen molar-refractivity contribution in [3.63, 3.8) is 0 Å². The Bertz CT molecular complexity index is 1060. The Hall–Kier alpha value is -3.12. The van der Waals surface area contributed by atoms with E-state index < -0.39 is 17.3 Å². The third-order valence-electron chi connectivity index (χ3n) is 6.87. The lowest BCUT2D eigenvalue weighted by atomic mass is 9.69. The molecule has 1 aliphatic heterocycles. The standard InChI is InChI=1S/C28H29F3N2O/c29-28(30,31)25-14-7-9-21(19-25)22-16-18-33(17-8-15-26(32)34)27(20-22,23-10-3-1-4-11-23)24-12-5-2-6-13-24/h1-7,9-14,19,22H,8,15-18,20H2,(H2,32,34). The number of hydrogen-bond acceptors (Lipinski definition) is 2. The van der Waals surface area contributed by atoms with Gasteiger partial charge in [-0.3, -0.25) is 9.69 Å². The van der Waals surface area contributed by atoms with E-state index in [1.165, 1.54) is 12.1 Å². The van der Waals surface area contributed by atoms with Crippen molar-refractivity contribution in [2.75, 3.05) is 13.1 Å². The van der Waals surface area contributed by atoms with Gasteiger partial charge in [0, 0.05) is 6.42 Å². The number of piperidine rings is 1. The molecular formula is C28H29F3N2O. The summed E-state index contributed by atoms with van der Waals surface area (Å²) in [6.07, 6.45) is -2.07. The number of carbonyl (C=O) groups is 1. The van der Waals surface area contributed by atoms with Crippen LogP contribution in [0.4, 0.5) is 13.2 Å². The minimum atomic E-state index is -4.37. The van der Waals surface area contributed by atoms with Crippen LogP contribution in [0.3, 0.4) is 0 Å². The molecule has 34 heavy (non-hydrogen) atoms. The third kappa shape index (κ3) is 5.02. The zero-order valence-corrected chi connectivity index (χ0v) is 19.0. The van der Waals surface area contributed by atoms with Gasteiger partial charge in [0.05, 0.1) is 11.1 Å². The van der Waals surface area contributed by atoms with Crippen LogP contribution in [-0.4, -0.2) is 23.9 Å². The van der Waals surface area contributed by atoms with Crippen LogP contribution >= 0.6 is 0 Å². The van der Waals surface area contributed by atoms with E-state index in [0.29, 0.717) is 37.9 Å². The number of carbonyl (C=O) groups excluding carboxylic acids is 1. The molecular weight excluding hydrogens is 437 g/mol. The largest absolute Gasteiger partial charge is 0.416 e. The summed E-state index contributed by atoms with van der Waals surface area (Å²) in [5.41, 5.74) is 7.15. The minimum absolute atomic E-state index is 0.0462. The number of alkyl halides is 3. The van der Waals surface area contributed by atoms with Gasteiger partial charge in [0.1, 0.15) is 0 Å². The molecule has 1 fully saturated rings. The third-order valence-corrected chi connectivity index (χ3v) is 6.87. The number of rotatable bonds is 7. The summed E-state index contributed by atoms with van der Waals surface area (Å²) in [5, 5.41) is 0. The van der Waals surface area contributed by atoms with Crippen LogP contribution in [0, 0.1) is 0 Å². The Balaban J connectivity index is 1.79. The number of nitrogens with two attached hydrogens (primary N) is 1. The first kappa shape index (κ1) is 24.0. The first-order valence-corrected chi connectivity index (χ1v) is 11.6. The van der Waals surface area contributed by atoms with Crippen molar-refractivity contribution in [3.8, 4) is 0 Å². The second kappa shape index (κ2) is 10.0. The molecule has 4 rings (SSSR count). The maximum atomic E-state index is 13.4. The highest BCUT2D eigenvalue weighted by Gasteiger charge is 2.45. The van der Waals surface area contributed by atoms with Crippen LogP contribution in [0.25, 0.3) is 0 Å². The van der Waals surface area contributed by atoms with E-state index in [-0.39, 0.29) is 11.8 Å². The normalized spacial score (nSPS) is 18.5. The van der Waals surface area contributed by atoms with Crippen LogP contribution in [0.5, 0.6) is 0 Å². The predicted molar refractivity (Wildman–Crippen MR) is 127 cm³/mol. The average molecular weight is 467 g/mol. The summed E-state index contributed by atoms with van der Waals surface area (Å²) in [5.74, 6) is -0.376. The molecule has 0 bridgehead atoms. The molecule has 3 aromatic carbocycles. The number of primary amides is 1. The number of halogens is 3. The van der Waals surface area contributed by atoms with Crippen LogP contribution in [-0.2, 0) is 16.5 Å². The van der Waals surface area contributed by atoms with Gasteiger partial charge >= 0.3 is 6.18 Å². The second-order valence-electron chi connectivity index (χ2n) is 8.96. The van der Waals surface area contributed by atoms with Gasteiger partial charge in [-0.1, -0.05) is 78.9 Å². The molecule has 178 valence electrons. The van der Waals surface area contributed by atoms with Gasteiger partial charge in [0.2, 0.25) is 5.91 Å². The molecule has 0 aliphatic carbocycles. The molecule has 1 heterocycles. The Kier molecular flexibility index (Phi) is 7.08. The molecule has 1 aliphatic rings. The average Bonchev–Trinajstić information content (AvgIpc) is 2.84. The van der Waals surface area contributed by atoms with E-state index in [2.05, 4.69) is 29.2 Å². The SMILES string of the molecule is NC(=O)CCCN1CCC(c2cccc(C(F)(F)F)c2)CC1(c1ccccc1)c1ccccc1. The highest BCUT2D eigenvalue weighted by Crippen LogP contribution is 2.48. The zero-order chi connectivity index (χ0) is 24.2. The topological polar surface area (TPSA) is 46.3 Å². The molecule has 0 saturated carbocycles. The summed E-state index contributed by atoms with van der Waals surface area (Å²) in [4.78, 5) is 13.8. The number of benzene rings is 3. The molecule has 1 unspecified atom stereocenters. The molecule has 0 radical (unpaired) electrons. The molecule has 6 heteroatoms. The van der Waals surface area contributed by atoms with Crippen LogP contribution < -0.4 is 5.73 Å². The first-order chi connectivity index (χ1) is 16.3. The van der Waals surface area contributed by atoms with Crippen LogP contribution in [0.15, 0.2) is 84.9 Å². The maximum absolute atomic E-state index is 13.4. The highest BCUT2D eigenvalue weighted by molar-refractivity contribution is 5.73. The van der Waals surface area contributed by atoms with Crippen LogP contribution in [0.2, 0.25) is 0 Å². The van der Waals surface area contributed by atoms with Gasteiger partial charge in [-0.25, -0.2) is 0 Å². The van der Waals surface area contributed by atoms with Crippen molar-refractivity contribution in [1.29, 1.82) is 0 Å². The Morgan fingerprint density at radius 3 is 2.12 bits per heavy atom. The van der Waals surface area contributed by atoms with E-state index in [4.69, 9.17) is 5.73 Å². The maximum Gasteiger partial charge on any atom is 0.416 e. The predicted octanol–water partition coefficient (Wildman–Crippen LogP) is 6.09. The fourth-order valence-corrected chi connectivity index (χ4v) is 5.29. The van der Waals surface area contributed by atoms with Crippen LogP contribution in [0.1, 0.15) is 53.9 Å². The number of hydrogen-bond donors (Lipinski definition) is 1. The Morgan fingerprint density at radius 1 is 0.941 bits per heavy atom. The monoisotopic (exact) mass is 466 g/mol. The molecule has 1 atom stereocenters. The van der Waals surface area contributed by atoms with Crippen molar-refractivity contribution in [2.45, 2.75) is 43.3 Å². The van der Waals surface area contributed by atoms with E-state index in [0.717, 1.165) is 23.6 Å². The molecule has 0 aromatic heterocycles. The molecule has 2 N–H and O–H groups in total. The smallest absolute Gasteiger partial charge is 0.370 e. The molecule has 3 aromatic rings. The summed E-state index contributed by atoms with van der Waals surface area (Å²) >= 11 is 0. The number of nitrogens with zero attached hydrogens (tertiary/aromatic N) is 1. The fraction of sp³-hybridized carbons (Fsp3) is 0.321. The van der Waals surface area contributed by atoms with Gasteiger partial charge in [-0.05, 0) is 61.0 Å². The summed E-state index contributed by atoms with van der Waals surface area (Å²) in [7, 11) is 0. The van der Waals surface area contributed by atoms with Crippen molar-refractivity contribution < 1.29 is 18.0 Å². The highest BCUT2D eigenvalue weighted by atomic mass is 19.4. The van der Waals surface area contributed by atoms with Gasteiger partial charge in [-0.15, -0.1) is 0 Å². The fourth-order valence-electron chi connectivity index (χ4n) is 5.29. The summed E-state index contributed by atoms with van der Waals surface area (Å²) in [6.45, 7) is 1.37. The van der Waals surface area contributed by atoms with Gasteiger partial charge in [0.15, 0.2) is 0 Å². The van der Waals surface area contributed by atoms with Gasteiger partial charge < -0.3 is 5.73 Å². The molecule has 1 amide bonds. The Morgan fingerprint density at radius 2 is 1.56 bits per heavy atom. The summed E-state index contributed by atoms with van der Waals surface area (Å²) < 4.78 is 40.3. The quantitative estimate of drug-likeness (QED) is 0.458. The van der Waals surface area contributed by atoms with Crippen molar-refractivity contribution in [2.24, 2.45) is 5.73 Å². The summed E-state index contributed by atoms with van der Waals surface area (Å²) in [6, 6.07) is 26.0. The lowest BCUT2D eigenvalue weighted by Gasteiger charge is -2.51. The van der Waals surface area contributed by atoms with Crippen molar-refractivity contribution >= 4 is 5.91 Å². The van der Waals surface area contributed by atoms with E-state index >= 15 is 0 Å². The number of likely N-dealkylation sites (tertiary alicyclic amines) is 1. The lowest BCUT2D eigenvalue weighted by Crippen LogP contribution is -2.52. The minimum Gasteiger partial charge on any atom is -0.370 e. The van der Waals surface area contributed by atoms with Gasteiger partial charge in [0.25, 0.3) is 0 Å².